The number of rotatable bonds is 4. The molecular weight excluding hydrogens is 144 g/mol. The summed E-state index contributed by atoms with van der Waals surface area (Å²) in [4.78, 5) is 10.9. The number of hydrogen-bond donors (Lipinski definition) is 0. The zero-order valence-electron chi connectivity index (χ0n) is 7.22. The average molecular weight is 158 g/mol. The molecule has 0 N–H and O–H groups in total. The molecular formula is C8H14O3. The topological polar surface area (TPSA) is 35.5 Å². The van der Waals surface area contributed by atoms with Crippen LogP contribution in [-0.4, -0.2) is 19.2 Å². The molecule has 0 aromatic heterocycles. The summed E-state index contributed by atoms with van der Waals surface area (Å²) in [7, 11) is 0. The summed E-state index contributed by atoms with van der Waals surface area (Å²) >= 11 is 0. The minimum Gasteiger partial charge on any atom is -0.487 e. The van der Waals surface area contributed by atoms with Gasteiger partial charge in [-0.1, -0.05) is 0 Å². The third-order valence-electron chi connectivity index (χ3n) is 1.04. The molecule has 0 aliphatic heterocycles. The predicted molar refractivity (Wildman–Crippen MR) is 42.0 cm³/mol. The lowest BCUT2D eigenvalue weighted by atomic mass is 10.4. The fraction of sp³-hybridized carbons (Fsp3) is 0.625. The summed E-state index contributed by atoms with van der Waals surface area (Å²) in [6.07, 6.45) is 1.60. The van der Waals surface area contributed by atoms with Gasteiger partial charge in [-0.15, -0.1) is 0 Å². The van der Waals surface area contributed by atoms with Gasteiger partial charge in [-0.2, -0.15) is 0 Å². The van der Waals surface area contributed by atoms with Crippen molar-refractivity contribution in [1.29, 1.82) is 0 Å². The Morgan fingerprint density at radius 2 is 1.82 bits per heavy atom. The molecule has 0 saturated heterocycles. The highest BCUT2D eigenvalue weighted by molar-refractivity contribution is 5.86. The molecule has 0 spiro atoms. The van der Waals surface area contributed by atoms with E-state index in [1.54, 1.807) is 19.9 Å². The normalized spacial score (nSPS) is 11.0. The lowest BCUT2D eigenvalue weighted by molar-refractivity contribution is -0.142. The van der Waals surface area contributed by atoms with Crippen LogP contribution in [0.5, 0.6) is 0 Å². The van der Waals surface area contributed by atoms with Gasteiger partial charge in [0, 0.05) is 0 Å². The van der Waals surface area contributed by atoms with E-state index in [2.05, 4.69) is 0 Å². The highest BCUT2D eigenvalue weighted by Crippen LogP contribution is 1.99. The van der Waals surface area contributed by atoms with Gasteiger partial charge in [-0.3, -0.25) is 0 Å². The molecule has 0 atom stereocenters. The largest absolute Gasteiger partial charge is 0.487 e. The molecule has 0 unspecified atom stereocenters. The molecule has 0 aliphatic rings. The van der Waals surface area contributed by atoms with Crippen molar-refractivity contribution in [2.45, 2.75) is 20.8 Å². The fourth-order valence-corrected chi connectivity index (χ4v) is 0.618. The van der Waals surface area contributed by atoms with Crippen LogP contribution in [-0.2, 0) is 14.3 Å². The van der Waals surface area contributed by atoms with Gasteiger partial charge < -0.3 is 9.47 Å². The van der Waals surface area contributed by atoms with Gasteiger partial charge in [-0.25, -0.2) is 4.79 Å². The Balaban J connectivity index is 3.94. The molecule has 3 heteroatoms. The van der Waals surface area contributed by atoms with Crippen LogP contribution in [0, 0.1) is 0 Å². The summed E-state index contributed by atoms with van der Waals surface area (Å²) in [6, 6.07) is 0. The minimum absolute atomic E-state index is 0.286. The van der Waals surface area contributed by atoms with Gasteiger partial charge in [0.1, 0.15) is 0 Å². The maximum atomic E-state index is 10.9. The van der Waals surface area contributed by atoms with Crippen molar-refractivity contribution in [2.75, 3.05) is 13.2 Å². The summed E-state index contributed by atoms with van der Waals surface area (Å²) < 4.78 is 9.71. The molecule has 0 saturated carbocycles. The monoisotopic (exact) mass is 158 g/mol. The number of carbonyl (C=O) groups excluding carboxylic acids is 1. The van der Waals surface area contributed by atoms with E-state index in [0.29, 0.717) is 13.2 Å². The predicted octanol–water partition coefficient (Wildman–Crippen LogP) is 1.49. The third-order valence-corrected chi connectivity index (χ3v) is 1.04. The Morgan fingerprint density at radius 3 is 2.18 bits per heavy atom. The first-order valence-corrected chi connectivity index (χ1v) is 3.72. The molecule has 64 valence electrons. The quantitative estimate of drug-likeness (QED) is 0.353. The lowest BCUT2D eigenvalue weighted by Gasteiger charge is -2.05. The van der Waals surface area contributed by atoms with Crippen LogP contribution in [0.2, 0.25) is 0 Å². The standard InChI is InChI=1S/C8H14O3/c1-4-7(10-5-2)8(9)11-6-3/h4H,5-6H2,1-3H3/b7-4+. The number of hydrogen-bond acceptors (Lipinski definition) is 3. The van der Waals surface area contributed by atoms with E-state index in [1.165, 1.54) is 0 Å². The molecule has 0 aliphatic carbocycles. The minimum atomic E-state index is -0.392. The first-order valence-electron chi connectivity index (χ1n) is 3.72. The highest BCUT2D eigenvalue weighted by atomic mass is 16.6. The van der Waals surface area contributed by atoms with Crippen LogP contribution in [0.15, 0.2) is 11.8 Å². The van der Waals surface area contributed by atoms with E-state index in [0.717, 1.165) is 0 Å². The molecule has 0 aromatic rings. The Labute approximate surface area is 67.0 Å². The number of allylic oxidation sites excluding steroid dienone is 1. The molecule has 3 nitrogen and oxygen atoms in total. The zero-order valence-corrected chi connectivity index (χ0v) is 7.22. The van der Waals surface area contributed by atoms with Crippen LogP contribution in [0.3, 0.4) is 0 Å². The van der Waals surface area contributed by atoms with Crippen molar-refractivity contribution in [2.24, 2.45) is 0 Å². The van der Waals surface area contributed by atoms with Gasteiger partial charge in [-0.05, 0) is 26.8 Å². The van der Waals surface area contributed by atoms with E-state index in [4.69, 9.17) is 9.47 Å². The van der Waals surface area contributed by atoms with Gasteiger partial charge in [0.2, 0.25) is 0 Å². The van der Waals surface area contributed by atoms with E-state index < -0.39 is 5.97 Å². The van der Waals surface area contributed by atoms with Crippen LogP contribution in [0.25, 0.3) is 0 Å². The van der Waals surface area contributed by atoms with Gasteiger partial charge in [0.25, 0.3) is 0 Å². The van der Waals surface area contributed by atoms with Crippen molar-refractivity contribution < 1.29 is 14.3 Å². The maximum absolute atomic E-state index is 10.9. The molecule has 0 heterocycles. The Bertz CT molecular complexity index is 149. The highest BCUT2D eigenvalue weighted by Gasteiger charge is 2.08. The second-order valence-corrected chi connectivity index (χ2v) is 1.81. The first-order chi connectivity index (χ1) is 5.26. The van der Waals surface area contributed by atoms with Crippen LogP contribution >= 0.6 is 0 Å². The Hall–Kier alpha value is -0.990. The Morgan fingerprint density at radius 1 is 1.27 bits per heavy atom. The molecule has 0 rings (SSSR count). The van der Waals surface area contributed by atoms with Crippen molar-refractivity contribution in [1.82, 2.24) is 0 Å². The summed E-state index contributed by atoms with van der Waals surface area (Å²) in [5.41, 5.74) is 0. The van der Waals surface area contributed by atoms with Crippen LogP contribution < -0.4 is 0 Å². The van der Waals surface area contributed by atoms with Crippen LogP contribution in [0.1, 0.15) is 20.8 Å². The molecule has 0 fully saturated rings. The number of carbonyl (C=O) groups is 1. The smallest absolute Gasteiger partial charge is 0.373 e. The molecule has 11 heavy (non-hydrogen) atoms. The second-order valence-electron chi connectivity index (χ2n) is 1.81. The Kier molecular flexibility index (Phi) is 5.25. The molecule has 0 amide bonds. The van der Waals surface area contributed by atoms with Gasteiger partial charge >= 0.3 is 5.97 Å². The summed E-state index contributed by atoms with van der Waals surface area (Å²) in [5.74, 6) is -0.105. The third kappa shape index (κ3) is 3.65. The fourth-order valence-electron chi connectivity index (χ4n) is 0.618. The maximum Gasteiger partial charge on any atom is 0.373 e. The summed E-state index contributed by atoms with van der Waals surface area (Å²) in [6.45, 7) is 6.18. The lowest BCUT2D eigenvalue weighted by Crippen LogP contribution is -2.10. The average Bonchev–Trinajstić information content (AvgIpc) is 2.00. The van der Waals surface area contributed by atoms with E-state index in [9.17, 15) is 4.79 Å². The summed E-state index contributed by atoms with van der Waals surface area (Å²) in [5, 5.41) is 0. The van der Waals surface area contributed by atoms with Gasteiger partial charge in [0.15, 0.2) is 5.76 Å². The van der Waals surface area contributed by atoms with Gasteiger partial charge in [0.05, 0.1) is 13.2 Å². The van der Waals surface area contributed by atoms with E-state index in [1.807, 2.05) is 6.92 Å². The number of esters is 1. The zero-order chi connectivity index (χ0) is 8.69. The SMILES string of the molecule is C/C=C(/OCC)C(=O)OCC. The second kappa shape index (κ2) is 5.77. The van der Waals surface area contributed by atoms with Crippen LogP contribution in [0.4, 0.5) is 0 Å². The first kappa shape index (κ1) is 10.0. The van der Waals surface area contributed by atoms with Crippen molar-refractivity contribution in [3.63, 3.8) is 0 Å². The molecule has 0 radical (unpaired) electrons. The van der Waals surface area contributed by atoms with E-state index >= 15 is 0 Å². The molecule has 0 bridgehead atoms. The van der Waals surface area contributed by atoms with E-state index in [-0.39, 0.29) is 5.76 Å². The van der Waals surface area contributed by atoms with Crippen molar-refractivity contribution in [3.8, 4) is 0 Å². The number of ether oxygens (including phenoxy) is 2. The van der Waals surface area contributed by atoms with Crippen molar-refractivity contribution >= 4 is 5.97 Å². The van der Waals surface area contributed by atoms with Crippen molar-refractivity contribution in [3.05, 3.63) is 11.8 Å². The molecule has 0 aromatic carbocycles.